The number of hydrogen-bond donors (Lipinski definition) is 3. The molecule has 3 amide bonds. The third-order valence-electron chi connectivity index (χ3n) is 5.76. The van der Waals surface area contributed by atoms with Gasteiger partial charge in [0.05, 0.1) is 5.56 Å². The number of urea groups is 1. The SMILES string of the molecule is CC(C)c1ccc(NC(=O)Nc2ccc(N(C)C)c(C(=O)NC3CCCCC3)c2)cc1. The smallest absolute Gasteiger partial charge is 0.323 e. The van der Waals surface area contributed by atoms with Crippen molar-refractivity contribution in [2.75, 3.05) is 29.6 Å². The van der Waals surface area contributed by atoms with Crippen LogP contribution in [0.25, 0.3) is 0 Å². The molecule has 3 N–H and O–H groups in total. The number of anilines is 3. The highest BCUT2D eigenvalue weighted by Crippen LogP contribution is 2.25. The van der Waals surface area contributed by atoms with Crippen LogP contribution >= 0.6 is 0 Å². The molecule has 31 heavy (non-hydrogen) atoms. The van der Waals surface area contributed by atoms with E-state index in [2.05, 4.69) is 29.8 Å². The maximum Gasteiger partial charge on any atom is 0.323 e. The molecule has 0 bridgehead atoms. The zero-order valence-electron chi connectivity index (χ0n) is 19.0. The Bertz CT molecular complexity index is 900. The molecule has 0 saturated heterocycles. The number of amides is 3. The van der Waals surface area contributed by atoms with Crippen molar-refractivity contribution in [1.82, 2.24) is 5.32 Å². The van der Waals surface area contributed by atoms with Gasteiger partial charge in [0, 0.05) is 37.2 Å². The van der Waals surface area contributed by atoms with E-state index in [0.717, 1.165) is 37.1 Å². The van der Waals surface area contributed by atoms with Crippen molar-refractivity contribution in [3.63, 3.8) is 0 Å². The van der Waals surface area contributed by atoms with Gasteiger partial charge in [0.1, 0.15) is 0 Å². The van der Waals surface area contributed by atoms with Crippen LogP contribution in [0.15, 0.2) is 42.5 Å². The van der Waals surface area contributed by atoms with Gasteiger partial charge < -0.3 is 20.9 Å². The quantitative estimate of drug-likeness (QED) is 0.569. The van der Waals surface area contributed by atoms with Crippen LogP contribution in [0.4, 0.5) is 21.9 Å². The van der Waals surface area contributed by atoms with Crippen LogP contribution in [-0.4, -0.2) is 32.1 Å². The molecule has 0 unspecified atom stereocenters. The van der Waals surface area contributed by atoms with Crippen LogP contribution in [0.3, 0.4) is 0 Å². The lowest BCUT2D eigenvalue weighted by Crippen LogP contribution is -2.36. The normalized spacial score (nSPS) is 14.2. The van der Waals surface area contributed by atoms with Crippen molar-refractivity contribution in [1.29, 1.82) is 0 Å². The molecule has 0 aromatic heterocycles. The number of rotatable bonds is 6. The van der Waals surface area contributed by atoms with Gasteiger partial charge in [0.15, 0.2) is 0 Å². The van der Waals surface area contributed by atoms with Gasteiger partial charge in [-0.2, -0.15) is 0 Å². The molecule has 6 nitrogen and oxygen atoms in total. The number of nitrogens with zero attached hydrogens (tertiary/aromatic N) is 1. The van der Waals surface area contributed by atoms with E-state index in [-0.39, 0.29) is 18.0 Å². The Morgan fingerprint density at radius 3 is 2.13 bits per heavy atom. The number of benzene rings is 2. The molecule has 1 fully saturated rings. The summed E-state index contributed by atoms with van der Waals surface area (Å²) in [5.74, 6) is 0.347. The summed E-state index contributed by atoms with van der Waals surface area (Å²) in [6.45, 7) is 4.27. The van der Waals surface area contributed by atoms with E-state index in [1.54, 1.807) is 6.07 Å². The molecule has 0 heterocycles. The second kappa shape index (κ2) is 10.3. The fraction of sp³-hybridized carbons (Fsp3) is 0.440. The maximum atomic E-state index is 13.0. The zero-order chi connectivity index (χ0) is 22.4. The summed E-state index contributed by atoms with van der Waals surface area (Å²) in [5.41, 5.74) is 3.91. The van der Waals surface area contributed by atoms with Crippen molar-refractivity contribution >= 4 is 29.0 Å². The van der Waals surface area contributed by atoms with E-state index in [1.165, 1.54) is 12.0 Å². The molecular weight excluding hydrogens is 388 g/mol. The van der Waals surface area contributed by atoms with E-state index in [1.807, 2.05) is 55.4 Å². The summed E-state index contributed by atoms with van der Waals surface area (Å²) in [5, 5.41) is 8.86. The van der Waals surface area contributed by atoms with Gasteiger partial charge >= 0.3 is 6.03 Å². The fourth-order valence-corrected chi connectivity index (χ4v) is 3.94. The molecule has 2 aromatic rings. The summed E-state index contributed by atoms with van der Waals surface area (Å²) >= 11 is 0. The van der Waals surface area contributed by atoms with E-state index in [0.29, 0.717) is 17.2 Å². The van der Waals surface area contributed by atoms with Crippen molar-refractivity contribution < 1.29 is 9.59 Å². The Kier molecular flexibility index (Phi) is 7.55. The van der Waals surface area contributed by atoms with Gasteiger partial charge in [-0.15, -0.1) is 0 Å². The van der Waals surface area contributed by atoms with Crippen LogP contribution in [0, 0.1) is 0 Å². The molecule has 0 aliphatic heterocycles. The van der Waals surface area contributed by atoms with Crippen molar-refractivity contribution in [3.05, 3.63) is 53.6 Å². The molecule has 0 radical (unpaired) electrons. The van der Waals surface area contributed by atoms with Crippen LogP contribution in [0.2, 0.25) is 0 Å². The summed E-state index contributed by atoms with van der Waals surface area (Å²) < 4.78 is 0. The standard InChI is InChI=1S/C25H34N4O2/c1-17(2)18-10-12-20(13-11-18)27-25(31)28-21-14-15-23(29(3)4)22(16-21)24(30)26-19-8-6-5-7-9-19/h10-17,19H,5-9H2,1-4H3,(H,26,30)(H2,27,28,31). The topological polar surface area (TPSA) is 73.5 Å². The first-order chi connectivity index (χ1) is 14.8. The molecule has 2 aromatic carbocycles. The van der Waals surface area contributed by atoms with Crippen LogP contribution < -0.4 is 20.9 Å². The first-order valence-electron chi connectivity index (χ1n) is 11.1. The Balaban J connectivity index is 1.69. The average Bonchev–Trinajstić information content (AvgIpc) is 2.74. The Labute approximate surface area is 185 Å². The number of nitrogens with one attached hydrogen (secondary N) is 3. The zero-order valence-corrected chi connectivity index (χ0v) is 19.0. The number of carbonyl (C=O) groups is 2. The van der Waals surface area contributed by atoms with Gasteiger partial charge in [0.2, 0.25) is 0 Å². The van der Waals surface area contributed by atoms with E-state index in [4.69, 9.17) is 0 Å². The van der Waals surface area contributed by atoms with Crippen LogP contribution in [0.5, 0.6) is 0 Å². The van der Waals surface area contributed by atoms with Crippen LogP contribution in [0.1, 0.15) is 67.8 Å². The van der Waals surface area contributed by atoms with Crippen molar-refractivity contribution in [3.8, 4) is 0 Å². The summed E-state index contributed by atoms with van der Waals surface area (Å²) in [4.78, 5) is 27.4. The minimum atomic E-state index is -0.339. The van der Waals surface area contributed by atoms with Crippen molar-refractivity contribution in [2.24, 2.45) is 0 Å². The molecule has 1 aliphatic carbocycles. The highest BCUT2D eigenvalue weighted by molar-refractivity contribution is 6.04. The maximum absolute atomic E-state index is 13.0. The van der Waals surface area contributed by atoms with E-state index in [9.17, 15) is 9.59 Å². The van der Waals surface area contributed by atoms with Crippen LogP contribution in [-0.2, 0) is 0 Å². The van der Waals surface area contributed by atoms with Gasteiger partial charge in [-0.3, -0.25) is 4.79 Å². The predicted molar refractivity (Wildman–Crippen MR) is 128 cm³/mol. The second-order valence-corrected chi connectivity index (χ2v) is 8.79. The Hall–Kier alpha value is -3.02. The number of hydrogen-bond acceptors (Lipinski definition) is 3. The Morgan fingerprint density at radius 2 is 1.52 bits per heavy atom. The minimum absolute atomic E-state index is 0.0936. The third-order valence-corrected chi connectivity index (χ3v) is 5.76. The molecule has 1 saturated carbocycles. The highest BCUT2D eigenvalue weighted by Gasteiger charge is 2.20. The average molecular weight is 423 g/mol. The predicted octanol–water partition coefficient (Wildman–Crippen LogP) is 5.58. The molecule has 1 aliphatic rings. The number of carbonyl (C=O) groups excluding carboxylic acids is 2. The molecule has 0 spiro atoms. The fourth-order valence-electron chi connectivity index (χ4n) is 3.94. The summed E-state index contributed by atoms with van der Waals surface area (Å²) in [6.07, 6.45) is 5.61. The third kappa shape index (κ3) is 6.23. The lowest BCUT2D eigenvalue weighted by atomic mass is 9.95. The monoisotopic (exact) mass is 422 g/mol. The highest BCUT2D eigenvalue weighted by atomic mass is 16.2. The summed E-state index contributed by atoms with van der Waals surface area (Å²) in [7, 11) is 3.82. The largest absolute Gasteiger partial charge is 0.377 e. The first-order valence-corrected chi connectivity index (χ1v) is 11.1. The summed E-state index contributed by atoms with van der Waals surface area (Å²) in [6, 6.07) is 13.1. The van der Waals surface area contributed by atoms with E-state index >= 15 is 0 Å². The van der Waals surface area contributed by atoms with Gasteiger partial charge in [-0.25, -0.2) is 4.79 Å². The van der Waals surface area contributed by atoms with E-state index < -0.39 is 0 Å². The van der Waals surface area contributed by atoms with Gasteiger partial charge in [-0.05, 0) is 54.7 Å². The van der Waals surface area contributed by atoms with Gasteiger partial charge in [0.25, 0.3) is 5.91 Å². The minimum Gasteiger partial charge on any atom is -0.377 e. The van der Waals surface area contributed by atoms with Crippen molar-refractivity contribution in [2.45, 2.75) is 57.9 Å². The molecule has 3 rings (SSSR count). The lowest BCUT2D eigenvalue weighted by Gasteiger charge is -2.24. The lowest BCUT2D eigenvalue weighted by molar-refractivity contribution is 0.0928. The van der Waals surface area contributed by atoms with Gasteiger partial charge in [-0.1, -0.05) is 45.2 Å². The molecule has 0 atom stereocenters. The molecule has 166 valence electrons. The Morgan fingerprint density at radius 1 is 0.903 bits per heavy atom. The first kappa shape index (κ1) is 22.7. The molecule has 6 heteroatoms. The molecular formula is C25H34N4O2. The second-order valence-electron chi connectivity index (χ2n) is 8.79.